The molecule has 3 rings (SSSR count). The fourth-order valence-corrected chi connectivity index (χ4v) is 5.51. The number of rotatable bonds is 22. The Bertz CT molecular complexity index is 1220. The van der Waals surface area contributed by atoms with Gasteiger partial charge in [-0.15, -0.1) is 0 Å². The van der Waals surface area contributed by atoms with E-state index in [2.05, 4.69) is 62.9 Å². The van der Waals surface area contributed by atoms with Crippen molar-refractivity contribution in [1.29, 1.82) is 0 Å². The standard InChI is InChI=1S/C34H53N7O4/c1-6-19-39(20-7-2)21-10-11-22-41(32(33(42)44-8-3)34(43)45-9-4)25-29-14-12-28(13-15-29)24-40(26-30-35-16-17-36-30)27-31-37-18-23-38(31)5/h12-18,23,32H,6-11,19-22,24-27H2,1-5H3,(H,35,36). The predicted molar refractivity (Wildman–Crippen MR) is 175 cm³/mol. The van der Waals surface area contributed by atoms with Crippen LogP contribution in [-0.2, 0) is 52.3 Å². The topological polar surface area (TPSA) is 109 Å². The number of H-pyrrole nitrogens is 1. The molecule has 0 spiro atoms. The summed E-state index contributed by atoms with van der Waals surface area (Å²) in [6.07, 6.45) is 11.4. The van der Waals surface area contributed by atoms with E-state index in [0.717, 1.165) is 68.1 Å². The Morgan fingerprint density at radius 3 is 1.93 bits per heavy atom. The number of ether oxygens (including phenoxy) is 2. The van der Waals surface area contributed by atoms with Crippen molar-refractivity contribution in [2.45, 2.75) is 85.6 Å². The highest BCUT2D eigenvalue weighted by Gasteiger charge is 2.35. The minimum atomic E-state index is -1.10. The highest BCUT2D eigenvalue weighted by molar-refractivity contribution is 5.99. The Morgan fingerprint density at radius 1 is 0.778 bits per heavy atom. The zero-order valence-electron chi connectivity index (χ0n) is 27.9. The number of aromatic nitrogens is 4. The third kappa shape index (κ3) is 12.1. The molecule has 0 aliphatic heterocycles. The third-order valence-corrected chi connectivity index (χ3v) is 7.66. The molecule has 2 aromatic heterocycles. The first-order valence-electron chi connectivity index (χ1n) is 16.4. The van der Waals surface area contributed by atoms with Gasteiger partial charge >= 0.3 is 11.9 Å². The molecule has 0 fully saturated rings. The molecule has 0 aliphatic rings. The molecule has 0 atom stereocenters. The highest BCUT2D eigenvalue weighted by atomic mass is 16.6. The van der Waals surface area contributed by atoms with E-state index in [1.54, 1.807) is 20.0 Å². The van der Waals surface area contributed by atoms with Crippen molar-refractivity contribution in [2.24, 2.45) is 7.05 Å². The molecule has 3 aromatic rings. The van der Waals surface area contributed by atoms with Crippen LogP contribution in [0.25, 0.3) is 0 Å². The molecule has 0 radical (unpaired) electrons. The summed E-state index contributed by atoms with van der Waals surface area (Å²) in [5.41, 5.74) is 2.16. The van der Waals surface area contributed by atoms with Crippen LogP contribution in [0.5, 0.6) is 0 Å². The van der Waals surface area contributed by atoms with Gasteiger partial charge in [-0.1, -0.05) is 38.1 Å². The number of aromatic amines is 1. The molecule has 0 aliphatic carbocycles. The number of benzene rings is 1. The lowest BCUT2D eigenvalue weighted by Crippen LogP contribution is -2.48. The largest absolute Gasteiger partial charge is 0.464 e. The Labute approximate surface area is 268 Å². The number of carbonyl (C=O) groups excluding carboxylic acids is 2. The first-order valence-corrected chi connectivity index (χ1v) is 16.4. The van der Waals surface area contributed by atoms with E-state index in [0.29, 0.717) is 32.7 Å². The summed E-state index contributed by atoms with van der Waals surface area (Å²) in [7, 11) is 2.00. The number of carbonyl (C=O) groups is 2. The van der Waals surface area contributed by atoms with Crippen LogP contribution in [-0.4, -0.2) is 91.6 Å². The van der Waals surface area contributed by atoms with Gasteiger partial charge in [0.2, 0.25) is 6.04 Å². The van der Waals surface area contributed by atoms with Crippen molar-refractivity contribution in [3.8, 4) is 0 Å². The normalized spacial score (nSPS) is 11.7. The zero-order valence-corrected chi connectivity index (χ0v) is 27.9. The van der Waals surface area contributed by atoms with Gasteiger partial charge in [-0.05, 0) is 76.8 Å². The lowest BCUT2D eigenvalue weighted by atomic mass is 10.1. The summed E-state index contributed by atoms with van der Waals surface area (Å²) >= 11 is 0. The van der Waals surface area contributed by atoms with Gasteiger partial charge in [0.25, 0.3) is 0 Å². The number of imidazole rings is 2. The van der Waals surface area contributed by atoms with Gasteiger partial charge in [-0.25, -0.2) is 19.6 Å². The number of nitrogens with one attached hydrogen (secondary N) is 1. The maximum Gasteiger partial charge on any atom is 0.335 e. The van der Waals surface area contributed by atoms with E-state index in [9.17, 15) is 9.59 Å². The number of nitrogens with zero attached hydrogens (tertiary/aromatic N) is 6. The van der Waals surface area contributed by atoms with Gasteiger partial charge in [0.15, 0.2) is 0 Å². The molecule has 0 amide bonds. The molecule has 2 heterocycles. The van der Waals surface area contributed by atoms with E-state index in [4.69, 9.17) is 9.47 Å². The summed E-state index contributed by atoms with van der Waals surface area (Å²) in [5.74, 6) is 0.751. The van der Waals surface area contributed by atoms with Crippen molar-refractivity contribution in [3.05, 3.63) is 71.8 Å². The van der Waals surface area contributed by atoms with Gasteiger partial charge in [-0.2, -0.15) is 0 Å². The van der Waals surface area contributed by atoms with Crippen molar-refractivity contribution < 1.29 is 19.1 Å². The van der Waals surface area contributed by atoms with Crippen LogP contribution < -0.4 is 0 Å². The van der Waals surface area contributed by atoms with Gasteiger partial charge in [0.1, 0.15) is 11.6 Å². The summed E-state index contributed by atoms with van der Waals surface area (Å²) in [5, 5.41) is 0. The summed E-state index contributed by atoms with van der Waals surface area (Å²) in [4.78, 5) is 45.0. The maximum atomic E-state index is 13.1. The highest BCUT2D eigenvalue weighted by Crippen LogP contribution is 2.17. The van der Waals surface area contributed by atoms with Crippen LogP contribution in [0, 0.1) is 0 Å². The summed E-state index contributed by atoms with van der Waals surface area (Å²) in [6, 6.07) is 7.27. The first-order chi connectivity index (χ1) is 21.9. The van der Waals surface area contributed by atoms with E-state index in [1.165, 1.54) is 0 Å². The number of unbranched alkanes of at least 4 members (excludes halogenated alkanes) is 1. The van der Waals surface area contributed by atoms with E-state index in [1.807, 2.05) is 35.1 Å². The second-order valence-electron chi connectivity index (χ2n) is 11.4. The molecular formula is C34H53N7O4. The van der Waals surface area contributed by atoms with E-state index in [-0.39, 0.29) is 13.2 Å². The molecule has 11 nitrogen and oxygen atoms in total. The average molecular weight is 624 g/mol. The smallest absolute Gasteiger partial charge is 0.335 e. The number of esters is 2. The second kappa shape index (κ2) is 19.8. The molecule has 0 unspecified atom stereocenters. The Morgan fingerprint density at radius 2 is 1.40 bits per heavy atom. The lowest BCUT2D eigenvalue weighted by molar-refractivity contribution is -0.164. The van der Waals surface area contributed by atoms with Crippen molar-refractivity contribution in [2.75, 3.05) is 39.4 Å². The fraction of sp³-hybridized carbons (Fsp3) is 0.588. The molecule has 0 saturated carbocycles. The van der Waals surface area contributed by atoms with Crippen LogP contribution in [0.1, 0.15) is 76.2 Å². The van der Waals surface area contributed by atoms with Gasteiger partial charge < -0.3 is 23.9 Å². The minimum absolute atomic E-state index is 0.201. The molecule has 1 N–H and O–H groups in total. The maximum absolute atomic E-state index is 13.1. The molecule has 45 heavy (non-hydrogen) atoms. The van der Waals surface area contributed by atoms with E-state index < -0.39 is 18.0 Å². The number of aryl methyl sites for hydroxylation is 1. The Balaban J connectivity index is 1.74. The molecule has 11 heteroatoms. The summed E-state index contributed by atoms with van der Waals surface area (Å²) < 4.78 is 12.7. The van der Waals surface area contributed by atoms with Crippen LogP contribution in [0.3, 0.4) is 0 Å². The van der Waals surface area contributed by atoms with Crippen LogP contribution >= 0.6 is 0 Å². The molecule has 0 bridgehead atoms. The van der Waals surface area contributed by atoms with Gasteiger partial charge in [0, 0.05) is 44.9 Å². The van der Waals surface area contributed by atoms with Crippen LogP contribution in [0.2, 0.25) is 0 Å². The minimum Gasteiger partial charge on any atom is -0.464 e. The monoisotopic (exact) mass is 623 g/mol. The lowest BCUT2D eigenvalue weighted by Gasteiger charge is -2.29. The number of hydrogen-bond acceptors (Lipinski definition) is 9. The average Bonchev–Trinajstić information content (AvgIpc) is 3.68. The molecule has 1 aromatic carbocycles. The molecular weight excluding hydrogens is 570 g/mol. The zero-order chi connectivity index (χ0) is 32.4. The van der Waals surface area contributed by atoms with Crippen molar-refractivity contribution in [1.82, 2.24) is 34.2 Å². The van der Waals surface area contributed by atoms with Crippen LogP contribution in [0.15, 0.2) is 49.1 Å². The number of hydrogen-bond donors (Lipinski definition) is 1. The summed E-state index contributed by atoms with van der Waals surface area (Å²) in [6.45, 7) is 14.5. The second-order valence-corrected chi connectivity index (χ2v) is 11.4. The van der Waals surface area contributed by atoms with E-state index >= 15 is 0 Å². The molecule has 248 valence electrons. The van der Waals surface area contributed by atoms with Crippen LogP contribution in [0.4, 0.5) is 0 Å². The fourth-order valence-electron chi connectivity index (χ4n) is 5.51. The van der Waals surface area contributed by atoms with Gasteiger partial charge in [0.05, 0.1) is 26.3 Å². The third-order valence-electron chi connectivity index (χ3n) is 7.66. The Hall–Kier alpha value is -3.54. The predicted octanol–water partition coefficient (Wildman–Crippen LogP) is 4.54. The Kier molecular flexibility index (Phi) is 15.8. The first kappa shape index (κ1) is 35.9. The SMILES string of the molecule is CCCN(CCC)CCCCN(Cc1ccc(CN(Cc2ncc[nH]2)Cc2nccn2C)cc1)C(C(=O)OCC)C(=O)OCC. The van der Waals surface area contributed by atoms with Gasteiger partial charge in [-0.3, -0.25) is 9.80 Å². The quantitative estimate of drug-likeness (QED) is 0.0980. The van der Waals surface area contributed by atoms with Crippen molar-refractivity contribution >= 4 is 11.9 Å². The van der Waals surface area contributed by atoms with Crippen molar-refractivity contribution in [3.63, 3.8) is 0 Å². The molecule has 0 saturated heterocycles.